The second-order valence-electron chi connectivity index (χ2n) is 4.86. The van der Waals surface area contributed by atoms with Crippen LogP contribution in [-0.4, -0.2) is 44.2 Å². The molecule has 3 N–H and O–H groups in total. The van der Waals surface area contributed by atoms with Crippen LogP contribution in [0.15, 0.2) is 0 Å². The number of hydrogen-bond donors (Lipinski definition) is 2. The monoisotopic (exact) mass is 227 g/mol. The Morgan fingerprint density at radius 3 is 2.00 bits per heavy atom. The number of unbranched alkanes of at least 4 members (excludes halogenated alkanes) is 6. The van der Waals surface area contributed by atoms with Crippen molar-refractivity contribution in [2.75, 3.05) is 39.3 Å². The average Bonchev–Trinajstić information content (AvgIpc) is 2.34. The number of piperazine rings is 1. The summed E-state index contributed by atoms with van der Waals surface area (Å²) in [6, 6.07) is 0. The quantitative estimate of drug-likeness (QED) is 0.588. The predicted molar refractivity (Wildman–Crippen MR) is 70.7 cm³/mol. The van der Waals surface area contributed by atoms with Crippen LogP contribution in [-0.2, 0) is 0 Å². The van der Waals surface area contributed by atoms with Crippen LogP contribution in [0.1, 0.15) is 44.9 Å². The molecule has 0 aromatic rings. The smallest absolute Gasteiger partial charge is 0.0107 e. The lowest BCUT2D eigenvalue weighted by Crippen LogP contribution is -2.43. The van der Waals surface area contributed by atoms with E-state index in [4.69, 9.17) is 5.73 Å². The van der Waals surface area contributed by atoms with Crippen LogP contribution >= 0.6 is 0 Å². The molecule has 0 aromatic heterocycles. The molecule has 0 aromatic carbocycles. The Kier molecular flexibility index (Phi) is 8.77. The van der Waals surface area contributed by atoms with Crippen LogP contribution in [0.25, 0.3) is 0 Å². The van der Waals surface area contributed by atoms with E-state index in [1.54, 1.807) is 0 Å². The Morgan fingerprint density at radius 1 is 0.812 bits per heavy atom. The van der Waals surface area contributed by atoms with Gasteiger partial charge < -0.3 is 16.0 Å². The number of nitrogens with two attached hydrogens (primary N) is 1. The number of rotatable bonds is 9. The molecule has 1 aliphatic heterocycles. The second kappa shape index (κ2) is 10.1. The maximum Gasteiger partial charge on any atom is 0.0107 e. The lowest BCUT2D eigenvalue weighted by molar-refractivity contribution is 0.236. The van der Waals surface area contributed by atoms with Crippen molar-refractivity contribution in [3.05, 3.63) is 0 Å². The highest BCUT2D eigenvalue weighted by Gasteiger charge is 2.07. The highest BCUT2D eigenvalue weighted by molar-refractivity contribution is 4.67. The summed E-state index contributed by atoms with van der Waals surface area (Å²) in [5.41, 5.74) is 5.46. The maximum atomic E-state index is 5.46. The van der Waals surface area contributed by atoms with Crippen LogP contribution < -0.4 is 11.1 Å². The van der Waals surface area contributed by atoms with Crippen molar-refractivity contribution in [2.45, 2.75) is 44.9 Å². The van der Waals surface area contributed by atoms with E-state index in [-0.39, 0.29) is 0 Å². The van der Waals surface area contributed by atoms with Gasteiger partial charge in [-0.15, -0.1) is 0 Å². The molecule has 0 amide bonds. The molecule has 0 spiro atoms. The van der Waals surface area contributed by atoms with Crippen molar-refractivity contribution in [3.63, 3.8) is 0 Å². The van der Waals surface area contributed by atoms with Crippen LogP contribution in [0.2, 0.25) is 0 Å². The zero-order valence-electron chi connectivity index (χ0n) is 10.7. The zero-order chi connectivity index (χ0) is 11.5. The molecule has 0 aliphatic carbocycles. The molecule has 0 atom stereocenters. The summed E-state index contributed by atoms with van der Waals surface area (Å²) in [6.45, 7) is 7.03. The van der Waals surface area contributed by atoms with Gasteiger partial charge in [-0.3, -0.25) is 0 Å². The molecule has 0 bridgehead atoms. The van der Waals surface area contributed by atoms with Crippen molar-refractivity contribution in [3.8, 4) is 0 Å². The third kappa shape index (κ3) is 7.20. The van der Waals surface area contributed by atoms with E-state index in [1.165, 1.54) is 77.7 Å². The first-order chi connectivity index (χ1) is 7.93. The minimum atomic E-state index is 0.864. The SMILES string of the molecule is NCCCCCCCCCN1CCNCC1. The van der Waals surface area contributed by atoms with E-state index in [2.05, 4.69) is 10.2 Å². The highest BCUT2D eigenvalue weighted by Crippen LogP contribution is 2.07. The lowest BCUT2D eigenvalue weighted by Gasteiger charge is -2.27. The maximum absolute atomic E-state index is 5.46. The molecule has 1 saturated heterocycles. The predicted octanol–water partition coefficient (Wildman–Crippen LogP) is 1.58. The summed E-state index contributed by atoms with van der Waals surface area (Å²) < 4.78 is 0. The molecular weight excluding hydrogens is 198 g/mol. The van der Waals surface area contributed by atoms with Gasteiger partial charge in [0, 0.05) is 26.2 Å². The second-order valence-corrected chi connectivity index (χ2v) is 4.86. The number of nitrogens with one attached hydrogen (secondary N) is 1. The number of hydrogen-bond acceptors (Lipinski definition) is 3. The molecule has 3 heteroatoms. The van der Waals surface area contributed by atoms with E-state index in [0.717, 1.165) is 6.54 Å². The molecule has 3 nitrogen and oxygen atoms in total. The summed E-state index contributed by atoms with van der Waals surface area (Å²) in [6.07, 6.45) is 9.53. The van der Waals surface area contributed by atoms with E-state index >= 15 is 0 Å². The van der Waals surface area contributed by atoms with Gasteiger partial charge in [0.25, 0.3) is 0 Å². The van der Waals surface area contributed by atoms with E-state index < -0.39 is 0 Å². The van der Waals surface area contributed by atoms with Gasteiger partial charge in [0.15, 0.2) is 0 Å². The first kappa shape index (κ1) is 13.9. The molecule has 1 aliphatic rings. The molecule has 0 radical (unpaired) electrons. The van der Waals surface area contributed by atoms with Crippen LogP contribution in [0, 0.1) is 0 Å². The normalized spacial score (nSPS) is 17.8. The van der Waals surface area contributed by atoms with Crippen molar-refractivity contribution in [1.82, 2.24) is 10.2 Å². The summed E-state index contributed by atoms with van der Waals surface area (Å²) >= 11 is 0. The van der Waals surface area contributed by atoms with Crippen molar-refractivity contribution < 1.29 is 0 Å². The van der Waals surface area contributed by atoms with Gasteiger partial charge in [0.2, 0.25) is 0 Å². The lowest BCUT2D eigenvalue weighted by atomic mass is 10.1. The summed E-state index contributed by atoms with van der Waals surface area (Å²) in [5, 5.41) is 3.39. The minimum absolute atomic E-state index is 0.864. The molecular formula is C13H29N3. The topological polar surface area (TPSA) is 41.3 Å². The Morgan fingerprint density at radius 2 is 1.38 bits per heavy atom. The fourth-order valence-electron chi connectivity index (χ4n) is 2.30. The first-order valence-corrected chi connectivity index (χ1v) is 7.06. The van der Waals surface area contributed by atoms with Crippen LogP contribution in [0.3, 0.4) is 0 Å². The Bertz CT molecular complexity index is 144. The Balaban J connectivity index is 1.77. The minimum Gasteiger partial charge on any atom is -0.330 e. The average molecular weight is 227 g/mol. The molecule has 1 fully saturated rings. The van der Waals surface area contributed by atoms with Gasteiger partial charge in [0.05, 0.1) is 0 Å². The van der Waals surface area contributed by atoms with E-state index in [1.807, 2.05) is 0 Å². The standard InChI is InChI=1S/C13H29N3/c14-8-6-4-2-1-3-5-7-11-16-12-9-15-10-13-16/h15H,1-14H2. The van der Waals surface area contributed by atoms with Crippen molar-refractivity contribution >= 4 is 0 Å². The fourth-order valence-corrected chi connectivity index (χ4v) is 2.30. The van der Waals surface area contributed by atoms with Gasteiger partial charge in [0.1, 0.15) is 0 Å². The Labute approximate surface area is 101 Å². The first-order valence-electron chi connectivity index (χ1n) is 7.06. The van der Waals surface area contributed by atoms with Gasteiger partial charge >= 0.3 is 0 Å². The van der Waals surface area contributed by atoms with Gasteiger partial charge in [-0.05, 0) is 25.9 Å². The molecule has 0 unspecified atom stereocenters. The van der Waals surface area contributed by atoms with Gasteiger partial charge in [-0.25, -0.2) is 0 Å². The van der Waals surface area contributed by atoms with Gasteiger partial charge in [-0.1, -0.05) is 32.1 Å². The van der Waals surface area contributed by atoms with E-state index in [9.17, 15) is 0 Å². The Hall–Kier alpha value is -0.120. The third-order valence-electron chi connectivity index (χ3n) is 3.39. The molecule has 1 heterocycles. The zero-order valence-corrected chi connectivity index (χ0v) is 10.7. The largest absolute Gasteiger partial charge is 0.330 e. The molecule has 16 heavy (non-hydrogen) atoms. The highest BCUT2D eigenvalue weighted by atomic mass is 15.2. The van der Waals surface area contributed by atoms with Crippen molar-refractivity contribution in [2.24, 2.45) is 5.73 Å². The molecule has 96 valence electrons. The van der Waals surface area contributed by atoms with Crippen LogP contribution in [0.4, 0.5) is 0 Å². The summed E-state index contributed by atoms with van der Waals surface area (Å²) in [7, 11) is 0. The van der Waals surface area contributed by atoms with Crippen LogP contribution in [0.5, 0.6) is 0 Å². The summed E-state index contributed by atoms with van der Waals surface area (Å²) in [5.74, 6) is 0. The number of nitrogens with zero attached hydrogens (tertiary/aromatic N) is 1. The van der Waals surface area contributed by atoms with E-state index in [0.29, 0.717) is 0 Å². The fraction of sp³-hybridized carbons (Fsp3) is 1.00. The molecule has 1 rings (SSSR count). The third-order valence-corrected chi connectivity index (χ3v) is 3.39. The van der Waals surface area contributed by atoms with Gasteiger partial charge in [-0.2, -0.15) is 0 Å². The van der Waals surface area contributed by atoms with Crippen molar-refractivity contribution in [1.29, 1.82) is 0 Å². The summed E-state index contributed by atoms with van der Waals surface area (Å²) in [4.78, 5) is 2.59. The molecule has 0 saturated carbocycles.